The number of benzene rings is 1. The number of ether oxygens (including phenoxy) is 1. The monoisotopic (exact) mass is 572 g/mol. The smallest absolute Gasteiger partial charge is 0.242 e. The van der Waals surface area contributed by atoms with Crippen LogP contribution in [0.2, 0.25) is 0 Å². The van der Waals surface area contributed by atoms with Gasteiger partial charge in [0.2, 0.25) is 5.91 Å². The number of aliphatic imine (C=N–C) groups is 2. The molecule has 0 fully saturated rings. The number of unbranched alkanes of at least 4 members (excludes halogenated alkanes) is 1. The normalized spacial score (nSPS) is 13.4. The fourth-order valence-corrected chi connectivity index (χ4v) is 5.35. The zero-order chi connectivity index (χ0) is 30.6. The highest BCUT2D eigenvalue weighted by atomic mass is 32.2. The molecule has 0 aliphatic rings. The average molecular weight is 573 g/mol. The Morgan fingerprint density at radius 2 is 1.75 bits per heavy atom. The number of rotatable bonds is 13. The number of amides is 1. The van der Waals surface area contributed by atoms with Crippen LogP contribution < -0.4 is 4.74 Å². The fourth-order valence-electron chi connectivity index (χ4n) is 4.39. The number of nitrogens with zero attached hydrogens (tertiary/aromatic N) is 4. The number of carbonyl (C=O) groups is 1. The highest BCUT2D eigenvalue weighted by Gasteiger charge is 2.24. The van der Waals surface area contributed by atoms with Crippen LogP contribution in [0.25, 0.3) is 0 Å². The van der Waals surface area contributed by atoms with E-state index in [1.165, 1.54) is 16.7 Å². The van der Waals surface area contributed by atoms with Gasteiger partial charge in [0.1, 0.15) is 11.6 Å². The molecular weight excluding hydrogens is 516 g/mol. The van der Waals surface area contributed by atoms with Crippen molar-refractivity contribution in [3.8, 4) is 5.75 Å². The Morgan fingerprint density at radius 1 is 1.10 bits per heavy atom. The minimum atomic E-state index is -0.0346. The molecule has 0 unspecified atom stereocenters. The van der Waals surface area contributed by atoms with Gasteiger partial charge in [0.25, 0.3) is 0 Å². The van der Waals surface area contributed by atoms with Crippen molar-refractivity contribution in [1.29, 1.82) is 0 Å². The first-order valence-electron chi connectivity index (χ1n) is 14.7. The summed E-state index contributed by atoms with van der Waals surface area (Å²) in [7, 11) is 5.58. The third-order valence-electron chi connectivity index (χ3n) is 7.40. The molecular formula is C33H56N4O2S. The number of methoxy groups -OCH3 is 1. The lowest BCUT2D eigenvalue weighted by atomic mass is 9.82. The highest BCUT2D eigenvalue weighted by Crippen LogP contribution is 2.39. The SMILES string of the molecule is CC/C(C)=C(\C)N=C(C)N(C)CC(=O)N(CC)CCCCSC(=NC)c1cc(C(C)C)c(OC)c(C(C)(C)C)c1. The van der Waals surface area contributed by atoms with Crippen LogP contribution in [0.4, 0.5) is 0 Å². The van der Waals surface area contributed by atoms with Crippen molar-refractivity contribution in [3.05, 3.63) is 40.1 Å². The average Bonchev–Trinajstić information content (AvgIpc) is 2.90. The second-order valence-corrected chi connectivity index (χ2v) is 12.9. The fraction of sp³-hybridized carbons (Fsp3) is 0.667. The molecule has 226 valence electrons. The third kappa shape index (κ3) is 10.6. The molecule has 0 saturated heterocycles. The first-order chi connectivity index (χ1) is 18.7. The van der Waals surface area contributed by atoms with E-state index in [2.05, 4.69) is 72.5 Å². The molecule has 0 radical (unpaired) electrons. The van der Waals surface area contributed by atoms with Crippen LogP contribution in [0.1, 0.15) is 111 Å². The van der Waals surface area contributed by atoms with E-state index in [4.69, 9.17) is 9.73 Å². The molecule has 0 aliphatic heterocycles. The summed E-state index contributed by atoms with van der Waals surface area (Å²) in [5.41, 5.74) is 5.86. The predicted molar refractivity (Wildman–Crippen MR) is 177 cm³/mol. The maximum Gasteiger partial charge on any atom is 0.242 e. The van der Waals surface area contributed by atoms with E-state index in [1.54, 1.807) is 18.9 Å². The summed E-state index contributed by atoms with van der Waals surface area (Å²) in [6, 6.07) is 4.49. The Kier molecular flexibility index (Phi) is 15.1. The quantitative estimate of drug-likeness (QED) is 0.137. The summed E-state index contributed by atoms with van der Waals surface area (Å²) in [4.78, 5) is 26.3. The van der Waals surface area contributed by atoms with Crippen molar-refractivity contribution < 1.29 is 9.53 Å². The van der Waals surface area contributed by atoms with E-state index in [1.807, 2.05) is 37.7 Å². The predicted octanol–water partition coefficient (Wildman–Crippen LogP) is 7.91. The molecule has 0 spiro atoms. The van der Waals surface area contributed by atoms with Gasteiger partial charge in [-0.3, -0.25) is 9.79 Å². The maximum atomic E-state index is 13.0. The number of likely N-dealkylation sites (N-methyl/N-ethyl adjacent to an activating group) is 2. The zero-order valence-electron chi connectivity index (χ0n) is 27.7. The molecule has 0 aromatic heterocycles. The molecule has 7 heteroatoms. The number of allylic oxidation sites excluding steroid dienone is 2. The van der Waals surface area contributed by atoms with Crippen LogP contribution in [0.5, 0.6) is 5.75 Å². The molecule has 0 bridgehead atoms. The number of amidine groups is 1. The second-order valence-electron chi connectivity index (χ2n) is 11.8. The minimum Gasteiger partial charge on any atom is -0.496 e. The van der Waals surface area contributed by atoms with Crippen LogP contribution in [0.15, 0.2) is 33.4 Å². The van der Waals surface area contributed by atoms with Gasteiger partial charge in [0, 0.05) is 44.0 Å². The van der Waals surface area contributed by atoms with Crippen molar-refractivity contribution in [2.45, 2.75) is 99.8 Å². The van der Waals surface area contributed by atoms with Crippen molar-refractivity contribution in [1.82, 2.24) is 9.80 Å². The summed E-state index contributed by atoms with van der Waals surface area (Å²) in [6.07, 6.45) is 2.96. The van der Waals surface area contributed by atoms with Gasteiger partial charge in [0.15, 0.2) is 0 Å². The standard InChI is InChI=1S/C33H56N4O2S/c1-14-24(5)25(6)35-26(7)36(12)22-30(38)37(15-2)18-16-17-19-40-32(34-11)27-20-28(23(3)4)31(39-13)29(21-27)33(8,9)10/h20-21,23H,14-19,22H2,1-13H3/b25-24+,34-32?,35-26?. The van der Waals surface area contributed by atoms with E-state index in [0.717, 1.165) is 59.4 Å². The van der Waals surface area contributed by atoms with Gasteiger partial charge in [0.05, 0.1) is 18.7 Å². The first kappa shape index (κ1) is 35.7. The molecule has 0 aliphatic carbocycles. The topological polar surface area (TPSA) is 57.5 Å². The minimum absolute atomic E-state index is 0.0346. The molecule has 1 amide bonds. The molecule has 1 aromatic carbocycles. The lowest BCUT2D eigenvalue weighted by molar-refractivity contribution is -0.131. The largest absolute Gasteiger partial charge is 0.496 e. The van der Waals surface area contributed by atoms with E-state index in [9.17, 15) is 4.79 Å². The highest BCUT2D eigenvalue weighted by molar-refractivity contribution is 8.14. The Morgan fingerprint density at radius 3 is 2.25 bits per heavy atom. The number of thioether (sulfide) groups is 1. The summed E-state index contributed by atoms with van der Waals surface area (Å²) in [5.74, 6) is 3.32. The van der Waals surface area contributed by atoms with Crippen LogP contribution in [0.3, 0.4) is 0 Å². The van der Waals surface area contributed by atoms with Gasteiger partial charge < -0.3 is 14.5 Å². The molecule has 0 atom stereocenters. The van der Waals surface area contributed by atoms with Crippen molar-refractivity contribution in [2.24, 2.45) is 9.98 Å². The molecule has 0 saturated carbocycles. The lowest BCUT2D eigenvalue weighted by Gasteiger charge is -2.26. The van der Waals surface area contributed by atoms with E-state index >= 15 is 0 Å². The van der Waals surface area contributed by atoms with Crippen LogP contribution in [0, 0.1) is 0 Å². The summed E-state index contributed by atoms with van der Waals surface area (Å²) < 4.78 is 5.88. The number of carbonyl (C=O) groups excluding carboxylic acids is 1. The second kappa shape index (κ2) is 16.9. The maximum absolute atomic E-state index is 13.0. The van der Waals surface area contributed by atoms with Crippen molar-refractivity contribution >= 4 is 28.5 Å². The summed E-state index contributed by atoms with van der Waals surface area (Å²) in [5, 5.41) is 1.05. The van der Waals surface area contributed by atoms with E-state index in [0.29, 0.717) is 19.0 Å². The zero-order valence-corrected chi connectivity index (χ0v) is 28.5. The number of hydrogen-bond acceptors (Lipinski definition) is 5. The van der Waals surface area contributed by atoms with Gasteiger partial charge in [-0.1, -0.05) is 47.1 Å². The molecule has 0 N–H and O–H groups in total. The molecule has 6 nitrogen and oxygen atoms in total. The Bertz CT molecular complexity index is 1070. The van der Waals surface area contributed by atoms with E-state index < -0.39 is 0 Å². The lowest BCUT2D eigenvalue weighted by Crippen LogP contribution is -2.41. The van der Waals surface area contributed by atoms with Gasteiger partial charge in [-0.15, -0.1) is 11.8 Å². The summed E-state index contributed by atoms with van der Waals surface area (Å²) in [6.45, 7) is 23.2. The number of hydrogen-bond donors (Lipinski definition) is 0. The Hall–Kier alpha value is -2.28. The summed E-state index contributed by atoms with van der Waals surface area (Å²) >= 11 is 1.80. The van der Waals surface area contributed by atoms with Gasteiger partial charge in [-0.05, 0) is 81.7 Å². The van der Waals surface area contributed by atoms with Gasteiger partial charge in [-0.2, -0.15) is 0 Å². The molecule has 0 heterocycles. The third-order valence-corrected chi connectivity index (χ3v) is 8.58. The Labute approximate surface area is 249 Å². The van der Waals surface area contributed by atoms with Crippen molar-refractivity contribution in [3.63, 3.8) is 0 Å². The molecule has 1 rings (SSSR count). The Balaban J connectivity index is 2.80. The van der Waals surface area contributed by atoms with Gasteiger partial charge in [-0.25, -0.2) is 4.99 Å². The first-order valence-corrected chi connectivity index (χ1v) is 15.7. The van der Waals surface area contributed by atoms with Crippen LogP contribution >= 0.6 is 11.8 Å². The van der Waals surface area contributed by atoms with Gasteiger partial charge >= 0.3 is 0 Å². The van der Waals surface area contributed by atoms with E-state index in [-0.39, 0.29) is 11.3 Å². The van der Waals surface area contributed by atoms with Crippen molar-refractivity contribution in [2.75, 3.05) is 46.6 Å². The molecule has 40 heavy (non-hydrogen) atoms. The van der Waals surface area contributed by atoms with Crippen LogP contribution in [-0.2, 0) is 10.2 Å². The van der Waals surface area contributed by atoms with Crippen LogP contribution in [-0.4, -0.2) is 73.2 Å². The molecule has 1 aromatic rings.